The molecule has 1 aromatic carbocycles. The van der Waals surface area contributed by atoms with E-state index in [2.05, 4.69) is 5.32 Å². The number of aliphatic carboxylic acids is 1. The number of carbonyl (C=O) groups is 2. The molecule has 0 spiro atoms. The van der Waals surface area contributed by atoms with Gasteiger partial charge in [0.15, 0.2) is 24.2 Å². The van der Waals surface area contributed by atoms with E-state index in [1.54, 1.807) is 24.3 Å². The van der Waals surface area contributed by atoms with Crippen molar-refractivity contribution < 1.29 is 28.9 Å². The summed E-state index contributed by atoms with van der Waals surface area (Å²) < 4.78 is 15.4. The summed E-state index contributed by atoms with van der Waals surface area (Å²) in [6.07, 6.45) is -1.08. The van der Waals surface area contributed by atoms with E-state index >= 15 is 0 Å². The number of nitrogens with one attached hydrogen (secondary N) is 1. The zero-order chi connectivity index (χ0) is 15.7. The molecule has 0 aliphatic carbocycles. The first-order chi connectivity index (χ1) is 10.1. The molecule has 0 saturated heterocycles. The quantitative estimate of drug-likeness (QED) is 0.696. The summed E-state index contributed by atoms with van der Waals surface area (Å²) in [6, 6.07) is 6.99. The standard InChI is InChI=1S/C14H19NO6/c1-3-20-10-6-4-5-7-11(10)21-9-13(16)15-8-12(19-2)14(17)18/h4-7,12H,3,8-9H2,1-2H3,(H,15,16)(H,17,18). The maximum atomic E-state index is 11.6. The van der Waals surface area contributed by atoms with Gasteiger partial charge in [0.25, 0.3) is 5.91 Å². The highest BCUT2D eigenvalue weighted by Crippen LogP contribution is 2.26. The second-order valence-corrected chi connectivity index (χ2v) is 4.04. The number of carboxylic acid groups (broad SMARTS) is 1. The van der Waals surface area contributed by atoms with Gasteiger partial charge >= 0.3 is 5.97 Å². The number of carboxylic acids is 1. The van der Waals surface area contributed by atoms with Crippen molar-refractivity contribution in [1.29, 1.82) is 0 Å². The Morgan fingerprint density at radius 2 is 1.86 bits per heavy atom. The summed E-state index contributed by atoms with van der Waals surface area (Å²) in [5, 5.41) is 11.2. The molecule has 7 nitrogen and oxygen atoms in total. The van der Waals surface area contributed by atoms with Crippen LogP contribution in [0.4, 0.5) is 0 Å². The Bertz CT molecular complexity index is 476. The number of para-hydroxylation sites is 2. The van der Waals surface area contributed by atoms with Gasteiger partial charge in [0.2, 0.25) is 0 Å². The van der Waals surface area contributed by atoms with E-state index < -0.39 is 18.0 Å². The van der Waals surface area contributed by atoms with Crippen molar-refractivity contribution in [3.05, 3.63) is 24.3 Å². The van der Waals surface area contributed by atoms with Gasteiger partial charge in [0.05, 0.1) is 13.2 Å². The van der Waals surface area contributed by atoms with Crippen LogP contribution in [0.2, 0.25) is 0 Å². The highest BCUT2D eigenvalue weighted by atomic mass is 16.5. The molecule has 1 rings (SSSR count). The molecule has 0 radical (unpaired) electrons. The maximum absolute atomic E-state index is 11.6. The lowest BCUT2D eigenvalue weighted by molar-refractivity contribution is -0.148. The summed E-state index contributed by atoms with van der Waals surface area (Å²) in [4.78, 5) is 22.3. The fourth-order valence-corrected chi connectivity index (χ4v) is 1.52. The highest BCUT2D eigenvalue weighted by Gasteiger charge is 2.17. The lowest BCUT2D eigenvalue weighted by Gasteiger charge is -2.13. The van der Waals surface area contributed by atoms with Crippen molar-refractivity contribution in [2.45, 2.75) is 13.0 Å². The maximum Gasteiger partial charge on any atom is 0.334 e. The molecule has 2 N–H and O–H groups in total. The molecule has 116 valence electrons. The van der Waals surface area contributed by atoms with E-state index in [4.69, 9.17) is 19.3 Å². The average Bonchev–Trinajstić information content (AvgIpc) is 2.47. The molecule has 0 saturated carbocycles. The van der Waals surface area contributed by atoms with Crippen LogP contribution in [-0.4, -0.2) is 50.0 Å². The van der Waals surface area contributed by atoms with Crippen LogP contribution < -0.4 is 14.8 Å². The van der Waals surface area contributed by atoms with Crippen LogP contribution >= 0.6 is 0 Å². The van der Waals surface area contributed by atoms with Crippen LogP contribution in [0.15, 0.2) is 24.3 Å². The monoisotopic (exact) mass is 297 g/mol. The Kier molecular flexibility index (Phi) is 7.03. The summed E-state index contributed by atoms with van der Waals surface area (Å²) in [7, 11) is 1.26. The largest absolute Gasteiger partial charge is 0.490 e. The number of carbonyl (C=O) groups excluding carboxylic acids is 1. The predicted molar refractivity (Wildman–Crippen MR) is 74.5 cm³/mol. The summed E-state index contributed by atoms with van der Waals surface area (Å²) in [5.41, 5.74) is 0. The van der Waals surface area contributed by atoms with Gasteiger partial charge in [-0.3, -0.25) is 4.79 Å². The molecule has 7 heteroatoms. The predicted octanol–water partition coefficient (Wildman–Crippen LogP) is 0.680. The topological polar surface area (TPSA) is 94.1 Å². The number of rotatable bonds is 9. The van der Waals surface area contributed by atoms with Crippen molar-refractivity contribution >= 4 is 11.9 Å². The minimum atomic E-state index is -1.14. The van der Waals surface area contributed by atoms with Crippen molar-refractivity contribution in [2.75, 3.05) is 26.9 Å². The van der Waals surface area contributed by atoms with E-state index in [1.807, 2.05) is 6.92 Å². The third-order valence-corrected chi connectivity index (χ3v) is 2.55. The molecule has 0 heterocycles. The number of benzene rings is 1. The molecule has 0 bridgehead atoms. The lowest BCUT2D eigenvalue weighted by Crippen LogP contribution is -2.39. The third-order valence-electron chi connectivity index (χ3n) is 2.55. The van der Waals surface area contributed by atoms with E-state index in [-0.39, 0.29) is 13.2 Å². The molecule has 1 atom stereocenters. The van der Waals surface area contributed by atoms with Crippen LogP contribution in [-0.2, 0) is 14.3 Å². The second-order valence-electron chi connectivity index (χ2n) is 4.04. The van der Waals surface area contributed by atoms with Crippen LogP contribution in [0.5, 0.6) is 11.5 Å². The fraction of sp³-hybridized carbons (Fsp3) is 0.429. The van der Waals surface area contributed by atoms with Gasteiger partial charge in [-0.2, -0.15) is 0 Å². The Balaban J connectivity index is 2.44. The molecule has 0 aliphatic heterocycles. The van der Waals surface area contributed by atoms with Crippen LogP contribution in [0, 0.1) is 0 Å². The zero-order valence-corrected chi connectivity index (χ0v) is 12.0. The fourth-order valence-electron chi connectivity index (χ4n) is 1.52. The first-order valence-corrected chi connectivity index (χ1v) is 6.45. The molecule has 1 unspecified atom stereocenters. The van der Waals surface area contributed by atoms with Crippen molar-refractivity contribution in [3.63, 3.8) is 0 Å². The Morgan fingerprint density at radius 1 is 1.24 bits per heavy atom. The minimum absolute atomic E-state index is 0.124. The van der Waals surface area contributed by atoms with Crippen molar-refractivity contribution in [2.24, 2.45) is 0 Å². The third kappa shape index (κ3) is 5.70. The molecule has 0 aromatic heterocycles. The number of hydrogen-bond acceptors (Lipinski definition) is 5. The van der Waals surface area contributed by atoms with Gasteiger partial charge < -0.3 is 24.6 Å². The van der Waals surface area contributed by atoms with Gasteiger partial charge in [0, 0.05) is 7.11 Å². The normalized spacial score (nSPS) is 11.5. The van der Waals surface area contributed by atoms with Gasteiger partial charge in [-0.25, -0.2) is 4.79 Å². The van der Waals surface area contributed by atoms with E-state index in [0.717, 1.165) is 0 Å². The zero-order valence-electron chi connectivity index (χ0n) is 12.0. The summed E-state index contributed by atoms with van der Waals surface area (Å²) in [6.45, 7) is 1.97. The van der Waals surface area contributed by atoms with E-state index in [1.165, 1.54) is 7.11 Å². The second kappa shape index (κ2) is 8.80. The van der Waals surface area contributed by atoms with Crippen LogP contribution in [0.3, 0.4) is 0 Å². The molecular formula is C14H19NO6. The van der Waals surface area contributed by atoms with Gasteiger partial charge in [-0.1, -0.05) is 12.1 Å². The SMILES string of the molecule is CCOc1ccccc1OCC(=O)NCC(OC)C(=O)O. The number of methoxy groups -OCH3 is 1. The summed E-state index contributed by atoms with van der Waals surface area (Å²) in [5.74, 6) is -0.575. The van der Waals surface area contributed by atoms with Crippen molar-refractivity contribution in [3.8, 4) is 11.5 Å². The number of hydrogen-bond donors (Lipinski definition) is 2. The Hall–Kier alpha value is -2.28. The number of ether oxygens (including phenoxy) is 3. The van der Waals surface area contributed by atoms with Gasteiger partial charge in [-0.05, 0) is 19.1 Å². The van der Waals surface area contributed by atoms with Gasteiger partial charge in [0.1, 0.15) is 0 Å². The molecule has 1 aromatic rings. The van der Waals surface area contributed by atoms with E-state index in [0.29, 0.717) is 18.1 Å². The van der Waals surface area contributed by atoms with Crippen LogP contribution in [0.1, 0.15) is 6.92 Å². The smallest absolute Gasteiger partial charge is 0.334 e. The van der Waals surface area contributed by atoms with Crippen LogP contribution in [0.25, 0.3) is 0 Å². The Morgan fingerprint density at radius 3 is 2.38 bits per heavy atom. The molecule has 0 aliphatic rings. The number of amides is 1. The molecular weight excluding hydrogens is 278 g/mol. The summed E-state index contributed by atoms with van der Waals surface area (Å²) >= 11 is 0. The average molecular weight is 297 g/mol. The molecule has 0 fully saturated rings. The van der Waals surface area contributed by atoms with Crippen molar-refractivity contribution in [1.82, 2.24) is 5.32 Å². The highest BCUT2D eigenvalue weighted by molar-refractivity contribution is 5.79. The lowest BCUT2D eigenvalue weighted by atomic mass is 10.3. The van der Waals surface area contributed by atoms with E-state index in [9.17, 15) is 9.59 Å². The molecule has 1 amide bonds. The first kappa shape index (κ1) is 16.8. The first-order valence-electron chi connectivity index (χ1n) is 6.45. The molecule has 21 heavy (non-hydrogen) atoms. The van der Waals surface area contributed by atoms with Gasteiger partial charge in [-0.15, -0.1) is 0 Å². The Labute approximate surface area is 122 Å². The minimum Gasteiger partial charge on any atom is -0.490 e.